The number of rotatable bonds is 4. The lowest BCUT2D eigenvalue weighted by Crippen LogP contribution is -1.98. The van der Waals surface area contributed by atoms with Crippen LogP contribution >= 0.6 is 46.6 Å². The second-order valence-electron chi connectivity index (χ2n) is 2.71. The second-order valence-corrected chi connectivity index (χ2v) is 4.89. The Bertz CT molecular complexity index is 382. The standard InChI is InChI=1S/C9H7Cl3O2S/c10-6-1-2-7(11)9(12)5(6)3-15-4-8(13)14/h1-2H,3-4H2,(H,13,14). The predicted octanol–water partition coefficient (Wildman–Crippen LogP) is 3.96. The molecule has 0 radical (unpaired) electrons. The van der Waals surface area contributed by atoms with Gasteiger partial charge in [-0.2, -0.15) is 0 Å². The molecule has 6 heteroatoms. The van der Waals surface area contributed by atoms with Crippen molar-refractivity contribution in [1.82, 2.24) is 0 Å². The number of aliphatic carboxylic acids is 1. The van der Waals surface area contributed by atoms with Crippen LogP contribution in [0.3, 0.4) is 0 Å². The summed E-state index contributed by atoms with van der Waals surface area (Å²) in [5.41, 5.74) is 0.678. The highest BCUT2D eigenvalue weighted by atomic mass is 35.5. The summed E-state index contributed by atoms with van der Waals surface area (Å²) in [5.74, 6) is -0.418. The van der Waals surface area contributed by atoms with Gasteiger partial charge in [-0.15, -0.1) is 11.8 Å². The van der Waals surface area contributed by atoms with E-state index in [0.29, 0.717) is 26.4 Å². The fraction of sp³-hybridized carbons (Fsp3) is 0.222. The van der Waals surface area contributed by atoms with Crippen LogP contribution in [0.15, 0.2) is 12.1 Å². The van der Waals surface area contributed by atoms with Crippen LogP contribution in [-0.2, 0) is 10.5 Å². The van der Waals surface area contributed by atoms with Gasteiger partial charge < -0.3 is 5.11 Å². The normalized spacial score (nSPS) is 10.3. The van der Waals surface area contributed by atoms with Crippen molar-refractivity contribution in [3.05, 3.63) is 32.8 Å². The van der Waals surface area contributed by atoms with Gasteiger partial charge in [0, 0.05) is 16.3 Å². The van der Waals surface area contributed by atoms with Crippen molar-refractivity contribution < 1.29 is 9.90 Å². The number of hydrogen-bond acceptors (Lipinski definition) is 2. The zero-order valence-electron chi connectivity index (χ0n) is 7.47. The molecule has 15 heavy (non-hydrogen) atoms. The van der Waals surface area contributed by atoms with E-state index in [0.717, 1.165) is 0 Å². The minimum atomic E-state index is -0.866. The van der Waals surface area contributed by atoms with E-state index >= 15 is 0 Å². The number of thioether (sulfide) groups is 1. The molecule has 2 nitrogen and oxygen atoms in total. The third kappa shape index (κ3) is 3.76. The first kappa shape index (κ1) is 13.0. The van der Waals surface area contributed by atoms with Crippen molar-refractivity contribution in [2.45, 2.75) is 5.75 Å². The van der Waals surface area contributed by atoms with Crippen LogP contribution in [-0.4, -0.2) is 16.8 Å². The highest BCUT2D eigenvalue weighted by Gasteiger charge is 2.10. The van der Waals surface area contributed by atoms with Crippen LogP contribution < -0.4 is 0 Å². The van der Waals surface area contributed by atoms with E-state index in [1.165, 1.54) is 11.8 Å². The quantitative estimate of drug-likeness (QED) is 0.851. The van der Waals surface area contributed by atoms with Crippen LogP contribution in [0.1, 0.15) is 5.56 Å². The average molecular weight is 286 g/mol. The Kier molecular flexibility index (Phi) is 5.06. The van der Waals surface area contributed by atoms with E-state index in [-0.39, 0.29) is 5.75 Å². The molecule has 1 aromatic carbocycles. The summed E-state index contributed by atoms with van der Waals surface area (Å²) in [5, 5.41) is 9.79. The topological polar surface area (TPSA) is 37.3 Å². The largest absolute Gasteiger partial charge is 0.481 e. The SMILES string of the molecule is O=C(O)CSCc1c(Cl)ccc(Cl)c1Cl. The van der Waals surface area contributed by atoms with Gasteiger partial charge in [-0.25, -0.2) is 0 Å². The summed E-state index contributed by atoms with van der Waals surface area (Å²) >= 11 is 18.9. The van der Waals surface area contributed by atoms with Crippen LogP contribution in [0.25, 0.3) is 0 Å². The highest BCUT2D eigenvalue weighted by molar-refractivity contribution is 7.99. The molecule has 1 aromatic rings. The Morgan fingerprint density at radius 2 is 1.87 bits per heavy atom. The van der Waals surface area contributed by atoms with Gasteiger partial charge in [0.2, 0.25) is 0 Å². The number of halogens is 3. The smallest absolute Gasteiger partial charge is 0.313 e. The Balaban J connectivity index is 2.75. The van der Waals surface area contributed by atoms with Gasteiger partial charge in [0.25, 0.3) is 0 Å². The van der Waals surface area contributed by atoms with Crippen molar-refractivity contribution in [2.75, 3.05) is 5.75 Å². The second kappa shape index (κ2) is 5.85. The number of carboxylic acids is 1. The lowest BCUT2D eigenvalue weighted by Gasteiger charge is -2.07. The molecule has 0 atom stereocenters. The van der Waals surface area contributed by atoms with Crippen molar-refractivity contribution in [3.63, 3.8) is 0 Å². The van der Waals surface area contributed by atoms with Gasteiger partial charge in [-0.1, -0.05) is 34.8 Å². The Morgan fingerprint density at radius 1 is 1.27 bits per heavy atom. The molecule has 0 fully saturated rings. The number of benzene rings is 1. The van der Waals surface area contributed by atoms with E-state index < -0.39 is 5.97 Å². The van der Waals surface area contributed by atoms with Gasteiger partial charge in [0.1, 0.15) is 0 Å². The van der Waals surface area contributed by atoms with E-state index in [1.807, 2.05) is 0 Å². The van der Waals surface area contributed by atoms with Crippen molar-refractivity contribution in [2.24, 2.45) is 0 Å². The van der Waals surface area contributed by atoms with Crippen molar-refractivity contribution in [1.29, 1.82) is 0 Å². The summed E-state index contributed by atoms with van der Waals surface area (Å²) in [6.07, 6.45) is 0. The van der Waals surface area contributed by atoms with E-state index in [2.05, 4.69) is 0 Å². The molecule has 0 aliphatic rings. The fourth-order valence-electron chi connectivity index (χ4n) is 0.942. The molecular weight excluding hydrogens is 279 g/mol. The van der Waals surface area contributed by atoms with Crippen molar-refractivity contribution >= 4 is 52.5 Å². The Morgan fingerprint density at radius 3 is 2.47 bits per heavy atom. The van der Waals surface area contributed by atoms with Gasteiger partial charge >= 0.3 is 5.97 Å². The molecule has 0 heterocycles. The fourth-order valence-corrected chi connectivity index (χ4v) is 2.56. The molecule has 0 aliphatic heterocycles. The molecule has 0 bridgehead atoms. The predicted molar refractivity (Wildman–Crippen MR) is 65.3 cm³/mol. The van der Waals surface area contributed by atoms with E-state index in [1.54, 1.807) is 12.1 Å². The molecule has 0 saturated carbocycles. The highest BCUT2D eigenvalue weighted by Crippen LogP contribution is 2.33. The van der Waals surface area contributed by atoms with Gasteiger partial charge in [0.15, 0.2) is 0 Å². The van der Waals surface area contributed by atoms with Crippen LogP contribution in [0, 0.1) is 0 Å². The van der Waals surface area contributed by atoms with E-state index in [4.69, 9.17) is 39.9 Å². The van der Waals surface area contributed by atoms with Crippen molar-refractivity contribution in [3.8, 4) is 0 Å². The zero-order valence-corrected chi connectivity index (χ0v) is 10.6. The summed E-state index contributed by atoms with van der Waals surface area (Å²) < 4.78 is 0. The monoisotopic (exact) mass is 284 g/mol. The summed E-state index contributed by atoms with van der Waals surface area (Å²) in [7, 11) is 0. The van der Waals surface area contributed by atoms with E-state index in [9.17, 15) is 4.79 Å². The first-order valence-electron chi connectivity index (χ1n) is 3.94. The third-order valence-corrected chi connectivity index (χ3v) is 3.75. The summed E-state index contributed by atoms with van der Waals surface area (Å²) in [4.78, 5) is 10.3. The first-order chi connectivity index (χ1) is 7.02. The molecule has 1 N–H and O–H groups in total. The first-order valence-corrected chi connectivity index (χ1v) is 6.23. The molecule has 82 valence electrons. The zero-order chi connectivity index (χ0) is 11.4. The van der Waals surface area contributed by atoms with Crippen LogP contribution in [0.5, 0.6) is 0 Å². The maximum absolute atomic E-state index is 10.3. The third-order valence-electron chi connectivity index (χ3n) is 1.61. The minimum Gasteiger partial charge on any atom is -0.481 e. The van der Waals surface area contributed by atoms with Crippen LogP contribution in [0.2, 0.25) is 15.1 Å². The molecule has 0 amide bonds. The molecule has 0 aliphatic carbocycles. The molecule has 0 aromatic heterocycles. The number of hydrogen-bond donors (Lipinski definition) is 1. The Labute approximate surface area is 107 Å². The summed E-state index contributed by atoms with van der Waals surface area (Å²) in [6, 6.07) is 3.25. The minimum absolute atomic E-state index is 0.0131. The molecule has 1 rings (SSSR count). The maximum Gasteiger partial charge on any atom is 0.313 e. The molecule has 0 spiro atoms. The molecular formula is C9H7Cl3O2S. The molecule has 0 saturated heterocycles. The average Bonchev–Trinajstić information content (AvgIpc) is 2.17. The lowest BCUT2D eigenvalue weighted by atomic mass is 10.2. The summed E-state index contributed by atoms with van der Waals surface area (Å²) in [6.45, 7) is 0. The van der Waals surface area contributed by atoms with Gasteiger partial charge in [-0.3, -0.25) is 4.79 Å². The maximum atomic E-state index is 10.3. The van der Waals surface area contributed by atoms with Gasteiger partial charge in [-0.05, 0) is 12.1 Å². The van der Waals surface area contributed by atoms with Crippen LogP contribution in [0.4, 0.5) is 0 Å². The lowest BCUT2D eigenvalue weighted by molar-refractivity contribution is -0.133. The number of carboxylic acid groups (broad SMARTS) is 1. The Hall–Kier alpha value is -0.0900. The number of carbonyl (C=O) groups is 1. The van der Waals surface area contributed by atoms with Gasteiger partial charge in [0.05, 0.1) is 15.8 Å². The molecule has 0 unspecified atom stereocenters.